The molecule has 0 saturated carbocycles. The van der Waals surface area contributed by atoms with Gasteiger partial charge in [0.15, 0.2) is 0 Å². The van der Waals surface area contributed by atoms with Crippen LogP contribution in [0.5, 0.6) is 5.75 Å². The first-order valence-corrected chi connectivity index (χ1v) is 6.51. The average Bonchev–Trinajstić information content (AvgIpc) is 2.45. The molecule has 3 rings (SSSR count). The van der Waals surface area contributed by atoms with Gasteiger partial charge in [-0.1, -0.05) is 24.3 Å². The Balaban J connectivity index is 2.20. The van der Waals surface area contributed by atoms with Crippen molar-refractivity contribution in [2.24, 2.45) is 5.92 Å². The minimum Gasteiger partial charge on any atom is -0.496 e. The quantitative estimate of drug-likeness (QED) is 0.898. The van der Waals surface area contributed by atoms with E-state index in [1.54, 1.807) is 7.11 Å². The lowest BCUT2D eigenvalue weighted by Gasteiger charge is -2.25. The second-order valence-electron chi connectivity index (χ2n) is 5.04. The SMILES string of the molecule is COc1cc2ccccc2c2c1C[C@H](C(=O)O)CC2. The van der Waals surface area contributed by atoms with E-state index in [9.17, 15) is 9.90 Å². The second kappa shape index (κ2) is 4.57. The molecule has 0 bridgehead atoms. The zero-order valence-corrected chi connectivity index (χ0v) is 10.8. The van der Waals surface area contributed by atoms with E-state index >= 15 is 0 Å². The fourth-order valence-electron chi connectivity index (χ4n) is 3.01. The standard InChI is InChI=1S/C16H16O3/c1-19-15-9-10-4-2-3-5-12(10)13-7-6-11(16(17)18)8-14(13)15/h2-5,9,11H,6-8H2,1H3,(H,17,18)/t11-/m1/s1. The van der Waals surface area contributed by atoms with Crippen molar-refractivity contribution in [2.75, 3.05) is 7.11 Å². The van der Waals surface area contributed by atoms with Crippen LogP contribution in [-0.4, -0.2) is 18.2 Å². The number of ether oxygens (including phenoxy) is 1. The fourth-order valence-corrected chi connectivity index (χ4v) is 3.01. The molecule has 98 valence electrons. The van der Waals surface area contributed by atoms with Gasteiger partial charge in [-0.3, -0.25) is 4.79 Å². The molecule has 1 aliphatic carbocycles. The van der Waals surface area contributed by atoms with Gasteiger partial charge in [0.2, 0.25) is 0 Å². The Morgan fingerprint density at radius 1 is 1.32 bits per heavy atom. The second-order valence-corrected chi connectivity index (χ2v) is 5.04. The van der Waals surface area contributed by atoms with Crippen LogP contribution in [0.1, 0.15) is 17.5 Å². The van der Waals surface area contributed by atoms with Crippen LogP contribution in [0.2, 0.25) is 0 Å². The largest absolute Gasteiger partial charge is 0.496 e. The Morgan fingerprint density at radius 3 is 2.84 bits per heavy atom. The summed E-state index contributed by atoms with van der Waals surface area (Å²) in [5, 5.41) is 11.6. The molecule has 0 unspecified atom stereocenters. The summed E-state index contributed by atoms with van der Waals surface area (Å²) < 4.78 is 5.46. The summed E-state index contributed by atoms with van der Waals surface area (Å²) in [4.78, 5) is 11.2. The summed E-state index contributed by atoms with van der Waals surface area (Å²) in [5.74, 6) is -0.178. The molecule has 2 aromatic rings. The van der Waals surface area contributed by atoms with Gasteiger partial charge in [0.1, 0.15) is 5.75 Å². The average molecular weight is 256 g/mol. The number of carboxylic acids is 1. The molecule has 19 heavy (non-hydrogen) atoms. The molecular formula is C16H16O3. The highest BCUT2D eigenvalue weighted by Crippen LogP contribution is 2.37. The lowest BCUT2D eigenvalue weighted by atomic mass is 9.81. The van der Waals surface area contributed by atoms with Gasteiger partial charge in [-0.15, -0.1) is 0 Å². The van der Waals surface area contributed by atoms with E-state index < -0.39 is 5.97 Å². The zero-order valence-electron chi connectivity index (χ0n) is 10.8. The van der Waals surface area contributed by atoms with E-state index in [4.69, 9.17) is 4.74 Å². The van der Waals surface area contributed by atoms with Crippen molar-refractivity contribution in [2.45, 2.75) is 19.3 Å². The number of carbonyl (C=O) groups is 1. The van der Waals surface area contributed by atoms with Gasteiger partial charge in [-0.2, -0.15) is 0 Å². The van der Waals surface area contributed by atoms with Gasteiger partial charge in [0.25, 0.3) is 0 Å². The van der Waals surface area contributed by atoms with Gasteiger partial charge in [0.05, 0.1) is 13.0 Å². The Labute approximate surface area is 111 Å². The third-order valence-electron chi connectivity index (χ3n) is 4.00. The van der Waals surface area contributed by atoms with Gasteiger partial charge in [-0.05, 0) is 47.2 Å². The number of rotatable bonds is 2. The smallest absolute Gasteiger partial charge is 0.306 e. The van der Waals surface area contributed by atoms with Crippen LogP contribution in [0.15, 0.2) is 30.3 Å². The van der Waals surface area contributed by atoms with Crippen LogP contribution < -0.4 is 4.74 Å². The molecule has 0 aromatic heterocycles. The van der Waals surface area contributed by atoms with Crippen LogP contribution >= 0.6 is 0 Å². The first kappa shape index (κ1) is 12.0. The molecule has 1 N–H and O–H groups in total. The minimum atomic E-state index is -0.708. The monoisotopic (exact) mass is 256 g/mol. The van der Waals surface area contributed by atoms with E-state index in [1.165, 1.54) is 10.9 Å². The first-order valence-electron chi connectivity index (χ1n) is 6.51. The van der Waals surface area contributed by atoms with Crippen molar-refractivity contribution in [1.82, 2.24) is 0 Å². The van der Waals surface area contributed by atoms with E-state index in [0.717, 1.165) is 23.1 Å². The number of hydrogen-bond acceptors (Lipinski definition) is 2. The van der Waals surface area contributed by atoms with E-state index in [-0.39, 0.29) is 5.92 Å². The molecule has 0 spiro atoms. The van der Waals surface area contributed by atoms with Crippen LogP contribution in [0.25, 0.3) is 10.8 Å². The lowest BCUT2D eigenvalue weighted by molar-refractivity contribution is -0.142. The summed E-state index contributed by atoms with van der Waals surface area (Å²) >= 11 is 0. The Bertz CT molecular complexity index is 646. The maximum absolute atomic E-state index is 11.2. The van der Waals surface area contributed by atoms with E-state index in [1.807, 2.05) is 18.2 Å². The molecule has 0 fully saturated rings. The highest BCUT2D eigenvalue weighted by atomic mass is 16.5. The van der Waals surface area contributed by atoms with Gasteiger partial charge in [-0.25, -0.2) is 0 Å². The summed E-state index contributed by atoms with van der Waals surface area (Å²) in [6.45, 7) is 0. The van der Waals surface area contributed by atoms with Gasteiger partial charge >= 0.3 is 5.97 Å². The minimum absolute atomic E-state index is 0.289. The lowest BCUT2D eigenvalue weighted by Crippen LogP contribution is -2.22. The van der Waals surface area contributed by atoms with Gasteiger partial charge in [0, 0.05) is 0 Å². The van der Waals surface area contributed by atoms with Crippen LogP contribution in [-0.2, 0) is 17.6 Å². The van der Waals surface area contributed by atoms with Crippen molar-refractivity contribution < 1.29 is 14.6 Å². The molecule has 0 radical (unpaired) electrons. The van der Waals surface area contributed by atoms with Gasteiger partial charge < -0.3 is 9.84 Å². The van der Waals surface area contributed by atoms with Crippen molar-refractivity contribution in [3.8, 4) is 5.75 Å². The highest BCUT2D eigenvalue weighted by Gasteiger charge is 2.27. The third kappa shape index (κ3) is 1.95. The fraction of sp³-hybridized carbons (Fsp3) is 0.312. The molecule has 1 aliphatic rings. The summed E-state index contributed by atoms with van der Waals surface area (Å²) in [7, 11) is 1.65. The first-order chi connectivity index (χ1) is 9.20. The summed E-state index contributed by atoms with van der Waals surface area (Å²) in [6.07, 6.45) is 2.09. The topological polar surface area (TPSA) is 46.5 Å². The zero-order chi connectivity index (χ0) is 13.4. The number of carboxylic acid groups (broad SMARTS) is 1. The number of fused-ring (bicyclic) bond motifs is 3. The Kier molecular flexibility index (Phi) is 2.90. The Morgan fingerprint density at radius 2 is 2.11 bits per heavy atom. The molecule has 0 amide bonds. The predicted octanol–water partition coefficient (Wildman–Crippen LogP) is 3.04. The van der Waals surface area contributed by atoms with Crippen LogP contribution in [0.3, 0.4) is 0 Å². The molecule has 0 aliphatic heterocycles. The number of benzene rings is 2. The third-order valence-corrected chi connectivity index (χ3v) is 4.00. The van der Waals surface area contributed by atoms with E-state index in [0.29, 0.717) is 12.8 Å². The molecule has 3 heteroatoms. The van der Waals surface area contributed by atoms with Crippen molar-refractivity contribution in [3.63, 3.8) is 0 Å². The Hall–Kier alpha value is -2.03. The van der Waals surface area contributed by atoms with Crippen molar-refractivity contribution in [1.29, 1.82) is 0 Å². The maximum atomic E-state index is 11.2. The van der Waals surface area contributed by atoms with E-state index in [2.05, 4.69) is 12.1 Å². The molecule has 1 atom stereocenters. The maximum Gasteiger partial charge on any atom is 0.306 e. The number of aliphatic carboxylic acids is 1. The molecule has 0 saturated heterocycles. The number of methoxy groups -OCH3 is 1. The number of hydrogen-bond donors (Lipinski definition) is 1. The summed E-state index contributed by atoms with van der Waals surface area (Å²) in [6, 6.07) is 10.2. The van der Waals surface area contributed by atoms with Crippen molar-refractivity contribution in [3.05, 3.63) is 41.5 Å². The normalized spacial score (nSPS) is 18.1. The highest BCUT2D eigenvalue weighted by molar-refractivity contribution is 5.89. The van der Waals surface area contributed by atoms with Crippen molar-refractivity contribution >= 4 is 16.7 Å². The van der Waals surface area contributed by atoms with Crippen LogP contribution in [0.4, 0.5) is 0 Å². The molecule has 3 nitrogen and oxygen atoms in total. The number of aryl methyl sites for hydroxylation is 1. The molecule has 0 heterocycles. The molecule has 2 aromatic carbocycles. The molecular weight excluding hydrogens is 240 g/mol. The summed E-state index contributed by atoms with van der Waals surface area (Å²) in [5.41, 5.74) is 2.33. The van der Waals surface area contributed by atoms with Crippen LogP contribution in [0, 0.1) is 5.92 Å². The predicted molar refractivity (Wildman–Crippen MR) is 73.7 cm³/mol.